The first kappa shape index (κ1) is 10.4. The van der Waals surface area contributed by atoms with Gasteiger partial charge in [-0.25, -0.2) is 4.98 Å². The maximum atomic E-state index is 4.64. The van der Waals surface area contributed by atoms with Gasteiger partial charge in [0, 0.05) is 0 Å². The molecule has 0 bridgehead atoms. The van der Waals surface area contributed by atoms with Gasteiger partial charge in [0.25, 0.3) is 0 Å². The molecule has 0 saturated heterocycles. The van der Waals surface area contributed by atoms with Crippen LogP contribution in [0, 0.1) is 6.92 Å². The Morgan fingerprint density at radius 2 is 2.24 bits per heavy atom. The number of aryl methyl sites for hydroxylation is 2. The van der Waals surface area contributed by atoms with E-state index in [0.29, 0.717) is 0 Å². The second-order valence-corrected chi connectivity index (χ2v) is 4.71. The Hall–Kier alpha value is -1.75. The molecule has 0 unspecified atom stereocenters. The summed E-state index contributed by atoms with van der Waals surface area (Å²) in [6.45, 7) is 4.15. The van der Waals surface area contributed by atoms with Crippen LogP contribution in [0.3, 0.4) is 0 Å². The van der Waals surface area contributed by atoms with Crippen molar-refractivity contribution in [2.75, 3.05) is 0 Å². The molecule has 2 aromatic heterocycles. The number of benzene rings is 1. The van der Waals surface area contributed by atoms with Crippen LogP contribution in [0.1, 0.15) is 18.2 Å². The molecule has 1 aromatic carbocycles. The van der Waals surface area contributed by atoms with E-state index in [0.717, 1.165) is 33.8 Å². The minimum atomic E-state index is 0.876. The summed E-state index contributed by atoms with van der Waals surface area (Å²) in [6, 6.07) is 6.14. The molecule has 0 aliphatic heterocycles. The lowest BCUT2D eigenvalue weighted by molar-refractivity contribution is 0.990. The van der Waals surface area contributed by atoms with Crippen LogP contribution >= 0.6 is 11.5 Å². The van der Waals surface area contributed by atoms with Crippen molar-refractivity contribution in [1.29, 1.82) is 0 Å². The van der Waals surface area contributed by atoms with Crippen molar-refractivity contribution < 1.29 is 0 Å². The molecular weight excluding hydrogens is 232 g/mol. The number of aromatic nitrogens is 4. The molecule has 5 heteroatoms. The number of para-hydroxylation sites is 1. The molecule has 4 nitrogen and oxygen atoms in total. The standard InChI is InChI=1S/C12H12N4S/c1-3-8-11(17-16-15-8)12-13-9-6-4-5-7(2)10(9)14-12/h4-6H,3H2,1-2H3,(H,13,14). The zero-order valence-electron chi connectivity index (χ0n) is 9.69. The summed E-state index contributed by atoms with van der Waals surface area (Å²) in [5.41, 5.74) is 4.28. The first-order chi connectivity index (χ1) is 8.29. The zero-order valence-corrected chi connectivity index (χ0v) is 10.5. The third kappa shape index (κ3) is 1.63. The van der Waals surface area contributed by atoms with Crippen molar-refractivity contribution in [3.05, 3.63) is 29.5 Å². The molecule has 2 heterocycles. The van der Waals surface area contributed by atoms with Crippen molar-refractivity contribution in [2.45, 2.75) is 20.3 Å². The van der Waals surface area contributed by atoms with Crippen LogP contribution in [-0.4, -0.2) is 19.6 Å². The Bertz CT molecular complexity index is 668. The van der Waals surface area contributed by atoms with Gasteiger partial charge in [0.1, 0.15) is 4.88 Å². The van der Waals surface area contributed by atoms with Crippen molar-refractivity contribution >= 4 is 22.6 Å². The molecular formula is C12H12N4S. The van der Waals surface area contributed by atoms with E-state index in [1.165, 1.54) is 17.1 Å². The van der Waals surface area contributed by atoms with Gasteiger partial charge in [-0.3, -0.25) is 0 Å². The van der Waals surface area contributed by atoms with Gasteiger partial charge >= 0.3 is 0 Å². The third-order valence-corrected chi connectivity index (χ3v) is 3.60. The number of H-pyrrole nitrogens is 1. The quantitative estimate of drug-likeness (QED) is 0.754. The first-order valence-corrected chi connectivity index (χ1v) is 6.34. The van der Waals surface area contributed by atoms with Crippen LogP contribution in [0.5, 0.6) is 0 Å². The summed E-state index contributed by atoms with van der Waals surface area (Å²) in [7, 11) is 0. The highest BCUT2D eigenvalue weighted by Gasteiger charge is 2.13. The number of nitrogens with one attached hydrogen (secondary N) is 1. The summed E-state index contributed by atoms with van der Waals surface area (Å²) >= 11 is 1.39. The Balaban J connectivity index is 2.22. The van der Waals surface area contributed by atoms with E-state index in [4.69, 9.17) is 0 Å². The van der Waals surface area contributed by atoms with Crippen LogP contribution in [-0.2, 0) is 6.42 Å². The Kier molecular flexibility index (Phi) is 2.40. The van der Waals surface area contributed by atoms with E-state index in [1.54, 1.807) is 0 Å². The largest absolute Gasteiger partial charge is 0.337 e. The van der Waals surface area contributed by atoms with Crippen LogP contribution < -0.4 is 0 Å². The lowest BCUT2D eigenvalue weighted by atomic mass is 10.2. The van der Waals surface area contributed by atoms with Crippen molar-refractivity contribution in [3.8, 4) is 10.7 Å². The molecule has 0 aliphatic carbocycles. The number of hydrogen-bond donors (Lipinski definition) is 1. The number of nitrogens with zero attached hydrogens (tertiary/aromatic N) is 3. The predicted octanol–water partition coefficient (Wildman–Crippen LogP) is 2.95. The van der Waals surface area contributed by atoms with Gasteiger partial charge in [-0.15, -0.1) is 5.10 Å². The third-order valence-electron chi connectivity index (χ3n) is 2.82. The monoisotopic (exact) mass is 244 g/mol. The fourth-order valence-electron chi connectivity index (χ4n) is 1.90. The molecule has 0 spiro atoms. The van der Waals surface area contributed by atoms with Gasteiger partial charge in [-0.1, -0.05) is 23.5 Å². The molecule has 0 saturated carbocycles. The summed E-state index contributed by atoms with van der Waals surface area (Å²) < 4.78 is 3.99. The molecule has 0 fully saturated rings. The van der Waals surface area contributed by atoms with Gasteiger partial charge in [-0.2, -0.15) is 0 Å². The van der Waals surface area contributed by atoms with Crippen molar-refractivity contribution in [1.82, 2.24) is 19.6 Å². The number of aromatic amines is 1. The average Bonchev–Trinajstić information content (AvgIpc) is 2.94. The van der Waals surface area contributed by atoms with Gasteiger partial charge in [0.2, 0.25) is 0 Å². The average molecular weight is 244 g/mol. The number of hydrogen-bond acceptors (Lipinski definition) is 4. The van der Waals surface area contributed by atoms with Crippen molar-refractivity contribution in [2.24, 2.45) is 0 Å². The smallest absolute Gasteiger partial charge is 0.152 e. The molecule has 1 N–H and O–H groups in total. The highest BCUT2D eigenvalue weighted by molar-refractivity contribution is 7.09. The second kappa shape index (κ2) is 3.92. The minimum absolute atomic E-state index is 0.876. The fraction of sp³-hybridized carbons (Fsp3) is 0.250. The molecule has 0 radical (unpaired) electrons. The van der Waals surface area contributed by atoms with Crippen molar-refractivity contribution in [3.63, 3.8) is 0 Å². The van der Waals surface area contributed by atoms with Gasteiger partial charge < -0.3 is 4.98 Å². The molecule has 0 atom stereocenters. The Labute approximate surface area is 103 Å². The number of imidazole rings is 1. The van der Waals surface area contributed by atoms with Crippen LogP contribution in [0.4, 0.5) is 0 Å². The molecule has 3 aromatic rings. The summed E-state index contributed by atoms with van der Waals surface area (Å²) in [4.78, 5) is 9.02. The maximum Gasteiger partial charge on any atom is 0.152 e. The van der Waals surface area contributed by atoms with Gasteiger partial charge in [0.05, 0.1) is 16.7 Å². The molecule has 17 heavy (non-hydrogen) atoms. The lowest BCUT2D eigenvalue weighted by Gasteiger charge is -1.91. The zero-order chi connectivity index (χ0) is 11.8. The molecule has 0 aliphatic rings. The van der Waals surface area contributed by atoms with E-state index >= 15 is 0 Å². The Morgan fingerprint density at radius 3 is 3.00 bits per heavy atom. The molecule has 3 rings (SSSR count). The highest BCUT2D eigenvalue weighted by atomic mass is 32.1. The highest BCUT2D eigenvalue weighted by Crippen LogP contribution is 2.27. The van der Waals surface area contributed by atoms with Gasteiger partial charge in [-0.05, 0) is 36.5 Å². The molecule has 0 amide bonds. The predicted molar refractivity (Wildman–Crippen MR) is 69.1 cm³/mol. The molecule has 86 valence electrons. The van der Waals surface area contributed by atoms with Gasteiger partial charge in [0.15, 0.2) is 5.82 Å². The van der Waals surface area contributed by atoms with E-state index < -0.39 is 0 Å². The van der Waals surface area contributed by atoms with Crippen LogP contribution in [0.15, 0.2) is 18.2 Å². The maximum absolute atomic E-state index is 4.64. The number of fused-ring (bicyclic) bond motifs is 1. The topological polar surface area (TPSA) is 54.5 Å². The normalized spacial score (nSPS) is 11.2. The van der Waals surface area contributed by atoms with Crippen LogP contribution in [0.25, 0.3) is 21.7 Å². The SMILES string of the molecule is CCc1nnsc1-c1nc2c(C)cccc2[nH]1. The minimum Gasteiger partial charge on any atom is -0.337 e. The summed E-state index contributed by atoms with van der Waals surface area (Å²) in [5.74, 6) is 0.876. The second-order valence-electron chi connectivity index (χ2n) is 3.96. The first-order valence-electron chi connectivity index (χ1n) is 5.56. The summed E-state index contributed by atoms with van der Waals surface area (Å²) in [6.07, 6.45) is 0.877. The Morgan fingerprint density at radius 1 is 1.35 bits per heavy atom. The van der Waals surface area contributed by atoms with E-state index in [1.807, 2.05) is 12.1 Å². The number of rotatable bonds is 2. The van der Waals surface area contributed by atoms with E-state index in [-0.39, 0.29) is 0 Å². The van der Waals surface area contributed by atoms with Crippen LogP contribution in [0.2, 0.25) is 0 Å². The lowest BCUT2D eigenvalue weighted by Crippen LogP contribution is -1.85. The van der Waals surface area contributed by atoms with E-state index in [2.05, 4.69) is 39.5 Å². The van der Waals surface area contributed by atoms with E-state index in [9.17, 15) is 0 Å². The fourth-order valence-corrected chi connectivity index (χ4v) is 2.60. The summed E-state index contributed by atoms with van der Waals surface area (Å²) in [5, 5.41) is 4.11.